The molecule has 0 amide bonds. The standard InChI is InChI=1S/C28H16F4N4O2/c29-24-26(25(30)28(32)34-27(24)31)35-14-20(18-6-2-4-8-22(18)35)23(15-9-11-16(12-10-15)36(37)38)19-13-33-21-7-3-1-5-17(19)21/h1-14,23,33H. The summed E-state index contributed by atoms with van der Waals surface area (Å²) in [6.45, 7) is 0. The number of aromatic amines is 1. The van der Waals surface area contributed by atoms with Crippen molar-refractivity contribution in [1.82, 2.24) is 14.5 Å². The molecule has 3 aromatic heterocycles. The third kappa shape index (κ3) is 3.61. The first-order chi connectivity index (χ1) is 18.3. The van der Waals surface area contributed by atoms with Gasteiger partial charge in [-0.2, -0.15) is 22.5 Å². The maximum Gasteiger partial charge on any atom is 0.269 e. The molecule has 38 heavy (non-hydrogen) atoms. The molecule has 0 spiro atoms. The number of fused-ring (bicyclic) bond motifs is 2. The van der Waals surface area contributed by atoms with Crippen molar-refractivity contribution >= 4 is 27.5 Å². The number of nitrogens with zero attached hydrogens (tertiary/aromatic N) is 3. The van der Waals surface area contributed by atoms with E-state index in [1.165, 1.54) is 18.3 Å². The van der Waals surface area contributed by atoms with Gasteiger partial charge < -0.3 is 9.55 Å². The Morgan fingerprint density at radius 2 is 1.45 bits per heavy atom. The average Bonchev–Trinajstić information content (AvgIpc) is 3.51. The normalized spacial score (nSPS) is 12.3. The van der Waals surface area contributed by atoms with Gasteiger partial charge in [0.15, 0.2) is 0 Å². The van der Waals surface area contributed by atoms with Crippen molar-refractivity contribution in [3.63, 3.8) is 0 Å². The number of nitro groups is 1. The van der Waals surface area contributed by atoms with E-state index in [4.69, 9.17) is 0 Å². The van der Waals surface area contributed by atoms with Gasteiger partial charge in [0.2, 0.25) is 11.6 Å². The van der Waals surface area contributed by atoms with Crippen molar-refractivity contribution in [2.75, 3.05) is 0 Å². The Bertz CT molecular complexity index is 1840. The van der Waals surface area contributed by atoms with Gasteiger partial charge in [-0.25, -0.2) is 0 Å². The molecule has 3 heterocycles. The number of para-hydroxylation sites is 2. The van der Waals surface area contributed by atoms with Gasteiger partial charge in [-0.15, -0.1) is 0 Å². The third-order valence-electron chi connectivity index (χ3n) is 6.64. The van der Waals surface area contributed by atoms with Gasteiger partial charge in [-0.1, -0.05) is 48.5 Å². The summed E-state index contributed by atoms with van der Waals surface area (Å²) < 4.78 is 58.9. The smallest absolute Gasteiger partial charge is 0.269 e. The Balaban J connectivity index is 1.67. The number of hydrogen-bond donors (Lipinski definition) is 1. The van der Waals surface area contributed by atoms with Crippen LogP contribution < -0.4 is 0 Å². The van der Waals surface area contributed by atoms with Gasteiger partial charge >= 0.3 is 0 Å². The van der Waals surface area contributed by atoms with Gasteiger partial charge in [-0.3, -0.25) is 10.1 Å². The van der Waals surface area contributed by atoms with Gasteiger partial charge in [0.05, 0.1) is 10.4 Å². The van der Waals surface area contributed by atoms with Gasteiger partial charge in [-0.05, 0) is 28.8 Å². The van der Waals surface area contributed by atoms with Crippen molar-refractivity contribution in [2.24, 2.45) is 0 Å². The van der Waals surface area contributed by atoms with Crippen LogP contribution in [-0.2, 0) is 0 Å². The van der Waals surface area contributed by atoms with Crippen LogP contribution in [0.25, 0.3) is 27.5 Å². The second-order valence-corrected chi connectivity index (χ2v) is 8.71. The van der Waals surface area contributed by atoms with Crippen LogP contribution in [0.15, 0.2) is 85.2 Å². The summed E-state index contributed by atoms with van der Waals surface area (Å²) in [4.78, 5) is 16.6. The molecule has 0 bridgehead atoms. The number of H-pyrrole nitrogens is 1. The Labute approximate surface area is 211 Å². The highest BCUT2D eigenvalue weighted by Crippen LogP contribution is 2.41. The Hall–Kier alpha value is -4.99. The van der Waals surface area contributed by atoms with E-state index in [2.05, 4.69) is 9.97 Å². The minimum absolute atomic E-state index is 0.0965. The topological polar surface area (TPSA) is 76.8 Å². The quantitative estimate of drug-likeness (QED) is 0.114. The highest BCUT2D eigenvalue weighted by atomic mass is 19.2. The minimum atomic E-state index is -1.76. The summed E-state index contributed by atoms with van der Waals surface area (Å²) >= 11 is 0. The second kappa shape index (κ2) is 8.84. The number of nitro benzene ring substituents is 1. The van der Waals surface area contributed by atoms with Crippen molar-refractivity contribution in [1.29, 1.82) is 0 Å². The predicted molar refractivity (Wildman–Crippen MR) is 133 cm³/mol. The fraction of sp³-hybridized carbons (Fsp3) is 0.0357. The molecular formula is C28H16F4N4O2. The number of halogens is 4. The van der Waals surface area contributed by atoms with Gasteiger partial charge in [0.1, 0.15) is 5.69 Å². The number of aromatic nitrogens is 3. The molecule has 1 unspecified atom stereocenters. The lowest BCUT2D eigenvalue weighted by Crippen LogP contribution is -2.08. The molecule has 0 aliphatic heterocycles. The predicted octanol–water partition coefficient (Wildman–Crippen LogP) is 7.15. The Kier molecular flexibility index (Phi) is 5.45. The molecule has 1 atom stereocenters. The average molecular weight is 516 g/mol. The molecule has 188 valence electrons. The minimum Gasteiger partial charge on any atom is -0.361 e. The Morgan fingerprint density at radius 3 is 2.13 bits per heavy atom. The molecule has 3 aromatic carbocycles. The molecule has 0 aliphatic rings. The monoisotopic (exact) mass is 516 g/mol. The number of pyridine rings is 1. The van der Waals surface area contributed by atoms with Crippen LogP contribution >= 0.6 is 0 Å². The first-order valence-corrected chi connectivity index (χ1v) is 11.5. The Morgan fingerprint density at radius 1 is 0.816 bits per heavy atom. The SMILES string of the molecule is O=[N+]([O-])c1ccc(C(c2c[nH]c3ccccc23)c2cn(-c3c(F)c(F)nc(F)c3F)c3ccccc23)cc1. The molecule has 0 radical (unpaired) electrons. The molecule has 6 aromatic rings. The fourth-order valence-corrected chi connectivity index (χ4v) is 4.96. The highest BCUT2D eigenvalue weighted by molar-refractivity contribution is 5.90. The van der Waals surface area contributed by atoms with E-state index in [1.54, 1.807) is 42.6 Å². The first kappa shape index (κ1) is 23.4. The summed E-state index contributed by atoms with van der Waals surface area (Å²) in [6, 6.07) is 20.2. The van der Waals surface area contributed by atoms with Crippen LogP contribution in [0.3, 0.4) is 0 Å². The van der Waals surface area contributed by atoms with Crippen LogP contribution in [0.4, 0.5) is 23.2 Å². The van der Waals surface area contributed by atoms with E-state index >= 15 is 0 Å². The number of nitrogens with one attached hydrogen (secondary N) is 1. The van der Waals surface area contributed by atoms with E-state index in [-0.39, 0.29) is 5.69 Å². The zero-order valence-corrected chi connectivity index (χ0v) is 19.3. The fourth-order valence-electron chi connectivity index (χ4n) is 4.96. The number of rotatable bonds is 5. The first-order valence-electron chi connectivity index (χ1n) is 11.5. The molecule has 0 fully saturated rings. The zero-order valence-electron chi connectivity index (χ0n) is 19.3. The summed E-state index contributed by atoms with van der Waals surface area (Å²) in [7, 11) is 0. The van der Waals surface area contributed by atoms with Gasteiger partial charge in [0, 0.05) is 46.7 Å². The molecule has 1 N–H and O–H groups in total. The number of non-ortho nitro benzene ring substituents is 1. The van der Waals surface area contributed by atoms with Crippen LogP contribution in [0.5, 0.6) is 0 Å². The van der Waals surface area contributed by atoms with Crippen LogP contribution in [0.2, 0.25) is 0 Å². The third-order valence-corrected chi connectivity index (χ3v) is 6.64. The van der Waals surface area contributed by atoms with E-state index in [9.17, 15) is 27.7 Å². The lowest BCUT2D eigenvalue weighted by atomic mass is 9.84. The van der Waals surface area contributed by atoms with Crippen LogP contribution in [0.1, 0.15) is 22.6 Å². The second-order valence-electron chi connectivity index (χ2n) is 8.71. The summed E-state index contributed by atoms with van der Waals surface area (Å²) in [5, 5.41) is 12.7. The van der Waals surface area contributed by atoms with Gasteiger partial charge in [0.25, 0.3) is 17.6 Å². The highest BCUT2D eigenvalue weighted by Gasteiger charge is 2.28. The largest absolute Gasteiger partial charge is 0.361 e. The van der Waals surface area contributed by atoms with Crippen molar-refractivity contribution in [3.8, 4) is 5.69 Å². The molecular weight excluding hydrogens is 500 g/mol. The molecule has 10 heteroatoms. The molecule has 0 aliphatic carbocycles. The summed E-state index contributed by atoms with van der Waals surface area (Å²) in [5.41, 5.74) is 2.14. The number of benzene rings is 3. The van der Waals surface area contributed by atoms with Crippen LogP contribution in [-0.4, -0.2) is 19.5 Å². The summed E-state index contributed by atoms with van der Waals surface area (Å²) in [5.74, 6) is -7.35. The van der Waals surface area contributed by atoms with E-state index in [0.717, 1.165) is 21.0 Å². The summed E-state index contributed by atoms with van der Waals surface area (Å²) in [6.07, 6.45) is 3.23. The lowest BCUT2D eigenvalue weighted by molar-refractivity contribution is -0.384. The van der Waals surface area contributed by atoms with Crippen LogP contribution in [0, 0.1) is 33.6 Å². The molecule has 6 rings (SSSR count). The molecule has 0 saturated heterocycles. The van der Waals surface area contributed by atoms with E-state index in [1.807, 2.05) is 24.3 Å². The number of hydrogen-bond acceptors (Lipinski definition) is 3. The molecule has 6 nitrogen and oxygen atoms in total. The van der Waals surface area contributed by atoms with Crippen molar-refractivity contribution < 1.29 is 22.5 Å². The zero-order chi connectivity index (χ0) is 26.6. The molecule has 0 saturated carbocycles. The van der Waals surface area contributed by atoms with Crippen molar-refractivity contribution in [3.05, 3.63) is 136 Å². The van der Waals surface area contributed by atoms with Crippen molar-refractivity contribution in [2.45, 2.75) is 5.92 Å². The lowest BCUT2D eigenvalue weighted by Gasteiger charge is -2.17. The van der Waals surface area contributed by atoms with E-state index < -0.39 is 40.1 Å². The maximum absolute atomic E-state index is 14.9. The maximum atomic E-state index is 14.9. The van der Waals surface area contributed by atoms with E-state index in [0.29, 0.717) is 22.0 Å².